The van der Waals surface area contributed by atoms with Crippen molar-refractivity contribution >= 4 is 34.6 Å². The monoisotopic (exact) mass is 374 g/mol. The van der Waals surface area contributed by atoms with Crippen LogP contribution in [0, 0.1) is 18.6 Å². The molecule has 1 aliphatic rings. The molecule has 0 radical (unpaired) electrons. The Balaban J connectivity index is 1.92. The van der Waals surface area contributed by atoms with Crippen molar-refractivity contribution in [2.24, 2.45) is 4.99 Å². The minimum absolute atomic E-state index is 0.0181. The highest BCUT2D eigenvalue weighted by Crippen LogP contribution is 2.34. The Labute approximate surface area is 154 Å². The number of carbonyl (C=O) groups is 1. The molecular weight excluding hydrogens is 358 g/mol. The van der Waals surface area contributed by atoms with Gasteiger partial charge in [-0.15, -0.1) is 0 Å². The second-order valence-corrected chi connectivity index (χ2v) is 6.70. The van der Waals surface area contributed by atoms with Gasteiger partial charge < -0.3 is 4.74 Å². The molecule has 1 saturated heterocycles. The standard InChI is InChI=1S/C19H16F2N2O2S/c1-11-8-14(25-3)6-4-12(11)9-17-18(24)23(2)19(26-17)22-16-7-5-13(20)10-15(16)21/h4-10H,1-3H3/b17-9-,22-19?. The number of thioether (sulfide) groups is 1. The van der Waals surface area contributed by atoms with E-state index in [2.05, 4.69) is 4.99 Å². The first kappa shape index (κ1) is 18.1. The first-order valence-corrected chi connectivity index (χ1v) is 8.56. The summed E-state index contributed by atoms with van der Waals surface area (Å²) in [5, 5.41) is 0.331. The van der Waals surface area contributed by atoms with E-state index in [4.69, 9.17) is 4.74 Å². The molecule has 0 atom stereocenters. The second kappa shape index (κ2) is 7.29. The lowest BCUT2D eigenvalue weighted by atomic mass is 10.1. The zero-order chi connectivity index (χ0) is 18.8. The van der Waals surface area contributed by atoms with Crippen LogP contribution in [0.1, 0.15) is 11.1 Å². The van der Waals surface area contributed by atoms with Gasteiger partial charge in [-0.05, 0) is 60.2 Å². The molecule has 26 heavy (non-hydrogen) atoms. The van der Waals surface area contributed by atoms with Crippen LogP contribution < -0.4 is 4.74 Å². The van der Waals surface area contributed by atoms with E-state index in [-0.39, 0.29) is 11.6 Å². The molecule has 0 saturated carbocycles. The number of nitrogens with zero attached hydrogens (tertiary/aromatic N) is 2. The predicted octanol–water partition coefficient (Wildman–Crippen LogP) is 4.52. The van der Waals surface area contributed by atoms with Gasteiger partial charge in [0.05, 0.1) is 12.0 Å². The maximum atomic E-state index is 13.8. The molecule has 1 amide bonds. The van der Waals surface area contributed by atoms with Gasteiger partial charge in [-0.1, -0.05) is 6.07 Å². The molecule has 0 bridgehead atoms. The van der Waals surface area contributed by atoms with Crippen LogP contribution in [0.25, 0.3) is 6.08 Å². The Morgan fingerprint density at radius 1 is 1.19 bits per heavy atom. The van der Waals surface area contributed by atoms with E-state index in [0.717, 1.165) is 40.8 Å². The van der Waals surface area contributed by atoms with Crippen molar-refractivity contribution in [2.75, 3.05) is 14.2 Å². The fraction of sp³-hybridized carbons (Fsp3) is 0.158. The number of likely N-dealkylation sites (N-methyl/N-ethyl adjacent to an activating group) is 1. The number of halogens is 2. The third-order valence-corrected chi connectivity index (χ3v) is 4.95. The molecule has 0 unspecified atom stereocenters. The van der Waals surface area contributed by atoms with Crippen molar-refractivity contribution in [3.05, 3.63) is 64.1 Å². The second-order valence-electron chi connectivity index (χ2n) is 5.69. The van der Waals surface area contributed by atoms with Gasteiger partial charge in [0.25, 0.3) is 5.91 Å². The Bertz CT molecular complexity index is 941. The Morgan fingerprint density at radius 2 is 1.96 bits per heavy atom. The van der Waals surface area contributed by atoms with Crippen LogP contribution in [-0.2, 0) is 4.79 Å². The molecule has 1 fully saturated rings. The number of ether oxygens (including phenoxy) is 1. The highest BCUT2D eigenvalue weighted by atomic mass is 32.2. The van der Waals surface area contributed by atoms with Crippen LogP contribution in [0.5, 0.6) is 5.75 Å². The van der Waals surface area contributed by atoms with Crippen molar-refractivity contribution in [3.8, 4) is 5.75 Å². The number of benzene rings is 2. The molecule has 1 heterocycles. The molecule has 4 nitrogen and oxygen atoms in total. The summed E-state index contributed by atoms with van der Waals surface area (Å²) in [6, 6.07) is 8.69. The largest absolute Gasteiger partial charge is 0.497 e. The molecular formula is C19H16F2N2O2S. The number of aliphatic imine (C=N–C) groups is 1. The van der Waals surface area contributed by atoms with Gasteiger partial charge in [-0.3, -0.25) is 9.69 Å². The molecule has 0 aromatic heterocycles. The Kier molecular flexibility index (Phi) is 5.08. The van der Waals surface area contributed by atoms with Gasteiger partial charge in [0, 0.05) is 13.1 Å². The summed E-state index contributed by atoms with van der Waals surface area (Å²) in [5.41, 5.74) is 1.82. The van der Waals surface area contributed by atoms with E-state index >= 15 is 0 Å². The molecule has 0 spiro atoms. The summed E-state index contributed by atoms with van der Waals surface area (Å²) < 4.78 is 32.0. The van der Waals surface area contributed by atoms with E-state index in [9.17, 15) is 13.6 Å². The molecule has 134 valence electrons. The Hall–Kier alpha value is -2.67. The van der Waals surface area contributed by atoms with Crippen molar-refractivity contribution in [3.63, 3.8) is 0 Å². The van der Waals surface area contributed by atoms with E-state index in [1.165, 1.54) is 11.0 Å². The van der Waals surface area contributed by atoms with E-state index in [1.54, 1.807) is 20.2 Å². The third-order valence-electron chi connectivity index (χ3n) is 3.89. The van der Waals surface area contributed by atoms with Crippen molar-refractivity contribution in [1.29, 1.82) is 0 Å². The van der Waals surface area contributed by atoms with Gasteiger partial charge in [-0.25, -0.2) is 13.8 Å². The average molecular weight is 374 g/mol. The summed E-state index contributed by atoms with van der Waals surface area (Å²) in [5.74, 6) is -0.944. The lowest BCUT2D eigenvalue weighted by Gasteiger charge is -2.07. The van der Waals surface area contributed by atoms with E-state index in [0.29, 0.717) is 10.1 Å². The van der Waals surface area contributed by atoms with Crippen molar-refractivity contribution in [2.45, 2.75) is 6.92 Å². The van der Waals surface area contributed by atoms with E-state index in [1.807, 2.05) is 25.1 Å². The number of amides is 1. The van der Waals surface area contributed by atoms with Crippen molar-refractivity contribution in [1.82, 2.24) is 4.90 Å². The number of hydrogen-bond acceptors (Lipinski definition) is 4. The highest BCUT2D eigenvalue weighted by molar-refractivity contribution is 8.18. The van der Waals surface area contributed by atoms with E-state index < -0.39 is 11.6 Å². The summed E-state index contributed by atoms with van der Waals surface area (Å²) >= 11 is 1.14. The molecule has 0 N–H and O–H groups in total. The number of aryl methyl sites for hydroxylation is 1. The van der Waals surface area contributed by atoms with Gasteiger partial charge in [0.15, 0.2) is 11.0 Å². The van der Waals surface area contributed by atoms with Crippen LogP contribution in [0.15, 0.2) is 46.3 Å². The van der Waals surface area contributed by atoms with Crippen LogP contribution >= 0.6 is 11.8 Å². The number of hydrogen-bond donors (Lipinski definition) is 0. The fourth-order valence-corrected chi connectivity index (χ4v) is 3.38. The fourth-order valence-electron chi connectivity index (χ4n) is 2.40. The number of amidine groups is 1. The molecule has 1 aliphatic heterocycles. The van der Waals surface area contributed by atoms with Crippen LogP contribution in [-0.4, -0.2) is 30.1 Å². The molecule has 7 heteroatoms. The quantitative estimate of drug-likeness (QED) is 0.742. The SMILES string of the molecule is COc1ccc(/C=C2\SC(=Nc3ccc(F)cc3F)N(C)C2=O)c(C)c1. The number of rotatable bonds is 3. The maximum Gasteiger partial charge on any atom is 0.266 e. The average Bonchev–Trinajstić information content (AvgIpc) is 2.87. The number of methoxy groups -OCH3 is 1. The minimum atomic E-state index is -0.776. The summed E-state index contributed by atoms with van der Waals surface area (Å²) in [6.45, 7) is 1.92. The van der Waals surface area contributed by atoms with Crippen molar-refractivity contribution < 1.29 is 18.3 Å². The minimum Gasteiger partial charge on any atom is -0.497 e. The summed E-state index contributed by atoms with van der Waals surface area (Å²) in [6.07, 6.45) is 1.77. The summed E-state index contributed by atoms with van der Waals surface area (Å²) in [4.78, 5) is 18.4. The first-order valence-electron chi connectivity index (χ1n) is 7.75. The molecule has 2 aromatic carbocycles. The smallest absolute Gasteiger partial charge is 0.266 e. The van der Waals surface area contributed by atoms with Gasteiger partial charge in [0.2, 0.25) is 0 Å². The predicted molar refractivity (Wildman–Crippen MR) is 99.5 cm³/mol. The first-order chi connectivity index (χ1) is 12.4. The topological polar surface area (TPSA) is 41.9 Å². The third kappa shape index (κ3) is 3.62. The molecule has 0 aliphatic carbocycles. The normalized spacial score (nSPS) is 17.4. The number of carbonyl (C=O) groups excluding carboxylic acids is 1. The van der Waals surface area contributed by atoms with Crippen LogP contribution in [0.4, 0.5) is 14.5 Å². The van der Waals surface area contributed by atoms with Gasteiger partial charge >= 0.3 is 0 Å². The summed E-state index contributed by atoms with van der Waals surface area (Å²) in [7, 11) is 3.16. The maximum absolute atomic E-state index is 13.8. The zero-order valence-electron chi connectivity index (χ0n) is 14.4. The zero-order valence-corrected chi connectivity index (χ0v) is 15.2. The molecule has 2 aromatic rings. The highest BCUT2D eigenvalue weighted by Gasteiger charge is 2.30. The Morgan fingerprint density at radius 3 is 2.62 bits per heavy atom. The molecule has 3 rings (SSSR count). The van der Waals surface area contributed by atoms with Crippen LogP contribution in [0.3, 0.4) is 0 Å². The lowest BCUT2D eigenvalue weighted by Crippen LogP contribution is -2.23. The van der Waals surface area contributed by atoms with Gasteiger partial charge in [0.1, 0.15) is 17.3 Å². The van der Waals surface area contributed by atoms with Gasteiger partial charge in [-0.2, -0.15) is 0 Å². The van der Waals surface area contributed by atoms with Crippen LogP contribution in [0.2, 0.25) is 0 Å². The lowest BCUT2D eigenvalue weighted by molar-refractivity contribution is -0.121.